The first-order valence-corrected chi connectivity index (χ1v) is 9.32. The van der Waals surface area contributed by atoms with Crippen molar-refractivity contribution in [1.29, 1.82) is 0 Å². The molecule has 0 aliphatic carbocycles. The molecule has 9 nitrogen and oxygen atoms in total. The molecule has 4 rings (SSSR count). The van der Waals surface area contributed by atoms with E-state index in [1.807, 2.05) is 19.2 Å². The Morgan fingerprint density at radius 3 is 2.69 bits per heavy atom. The van der Waals surface area contributed by atoms with Crippen LogP contribution < -0.4 is 10.5 Å². The maximum atomic E-state index is 12.1. The van der Waals surface area contributed by atoms with Crippen molar-refractivity contribution in [2.75, 3.05) is 37.6 Å². The number of piperazine rings is 1. The maximum absolute atomic E-state index is 12.1. The van der Waals surface area contributed by atoms with E-state index >= 15 is 0 Å². The van der Waals surface area contributed by atoms with E-state index in [1.54, 1.807) is 23.0 Å². The summed E-state index contributed by atoms with van der Waals surface area (Å²) in [6, 6.07) is 5.06. The Labute approximate surface area is 154 Å². The molecule has 0 unspecified atom stereocenters. The molecule has 0 amide bonds. The number of aromatic nitrogens is 6. The second kappa shape index (κ2) is 7.34. The molecule has 3 aromatic rings. The number of hydrogen-bond donors (Lipinski definition) is 0. The highest BCUT2D eigenvalue weighted by Gasteiger charge is 2.19. The standard InChI is InChI=1S/C16H20N8OS/c1-13-18-16(26-20-13)22-10-7-21(8-11-22)9-12-24-15(25)4-3-14(19-24)23-6-2-5-17-23/h2-6H,7-12H2,1H3. The summed E-state index contributed by atoms with van der Waals surface area (Å²) in [5.74, 6) is 1.47. The average Bonchev–Trinajstić information content (AvgIpc) is 3.33. The van der Waals surface area contributed by atoms with Crippen LogP contribution in [0.25, 0.3) is 5.82 Å². The predicted octanol–water partition coefficient (Wildman–Crippen LogP) is 0.411. The fourth-order valence-electron chi connectivity index (χ4n) is 2.94. The minimum Gasteiger partial charge on any atom is -0.344 e. The summed E-state index contributed by atoms with van der Waals surface area (Å²) >= 11 is 1.45. The van der Waals surface area contributed by atoms with Crippen molar-refractivity contribution >= 4 is 16.7 Å². The smallest absolute Gasteiger partial charge is 0.266 e. The third-order valence-electron chi connectivity index (χ3n) is 4.38. The molecule has 1 aliphatic heterocycles. The molecular formula is C16H20N8OS. The molecule has 0 atom stereocenters. The van der Waals surface area contributed by atoms with Crippen molar-refractivity contribution in [2.45, 2.75) is 13.5 Å². The van der Waals surface area contributed by atoms with Crippen LogP contribution in [0.3, 0.4) is 0 Å². The van der Waals surface area contributed by atoms with Gasteiger partial charge in [0, 0.05) is 62.7 Å². The fraction of sp³-hybridized carbons (Fsp3) is 0.438. The minimum absolute atomic E-state index is 0.0936. The summed E-state index contributed by atoms with van der Waals surface area (Å²) in [5.41, 5.74) is -0.0936. The van der Waals surface area contributed by atoms with Crippen LogP contribution in [0.2, 0.25) is 0 Å². The third kappa shape index (κ3) is 3.65. The SMILES string of the molecule is Cc1nsc(N2CCN(CCn3nc(-n4cccn4)ccc3=O)CC2)n1. The van der Waals surface area contributed by atoms with Crippen molar-refractivity contribution in [3.05, 3.63) is 46.8 Å². The van der Waals surface area contributed by atoms with Gasteiger partial charge in [0.05, 0.1) is 6.54 Å². The summed E-state index contributed by atoms with van der Waals surface area (Å²) in [5, 5.41) is 9.57. The third-order valence-corrected chi connectivity index (χ3v) is 5.25. The highest BCUT2D eigenvalue weighted by molar-refractivity contribution is 7.09. The van der Waals surface area contributed by atoms with Crippen molar-refractivity contribution in [2.24, 2.45) is 0 Å². The molecule has 0 bridgehead atoms. The van der Waals surface area contributed by atoms with Gasteiger partial charge < -0.3 is 4.90 Å². The summed E-state index contributed by atoms with van der Waals surface area (Å²) in [6.45, 7) is 6.98. The van der Waals surface area contributed by atoms with Crippen molar-refractivity contribution in [3.8, 4) is 5.82 Å². The zero-order chi connectivity index (χ0) is 17.9. The lowest BCUT2D eigenvalue weighted by Gasteiger charge is -2.34. The van der Waals surface area contributed by atoms with Crippen molar-refractivity contribution < 1.29 is 0 Å². The molecule has 0 aromatic carbocycles. The van der Waals surface area contributed by atoms with Crippen LogP contribution in [0, 0.1) is 6.92 Å². The molecule has 3 aromatic heterocycles. The molecule has 0 radical (unpaired) electrons. The summed E-state index contributed by atoms with van der Waals surface area (Å²) in [6.07, 6.45) is 3.50. The monoisotopic (exact) mass is 372 g/mol. The van der Waals surface area contributed by atoms with Gasteiger partial charge in [0.25, 0.3) is 5.56 Å². The Morgan fingerprint density at radius 1 is 1.15 bits per heavy atom. The Kier molecular flexibility index (Phi) is 4.76. The first kappa shape index (κ1) is 16.9. The van der Waals surface area contributed by atoms with Crippen LogP contribution in [0.1, 0.15) is 5.82 Å². The van der Waals surface area contributed by atoms with Crippen molar-refractivity contribution in [1.82, 2.24) is 33.8 Å². The van der Waals surface area contributed by atoms with E-state index in [1.165, 1.54) is 16.2 Å². The molecule has 136 valence electrons. The van der Waals surface area contributed by atoms with E-state index in [-0.39, 0.29) is 5.56 Å². The highest BCUT2D eigenvalue weighted by Crippen LogP contribution is 2.18. The van der Waals surface area contributed by atoms with Gasteiger partial charge >= 0.3 is 0 Å². The van der Waals surface area contributed by atoms with Crippen LogP contribution in [-0.2, 0) is 6.54 Å². The molecule has 1 saturated heterocycles. The summed E-state index contributed by atoms with van der Waals surface area (Å²) in [7, 11) is 0. The van der Waals surface area contributed by atoms with Gasteiger partial charge in [0.15, 0.2) is 5.82 Å². The Balaban J connectivity index is 1.35. The quantitative estimate of drug-likeness (QED) is 0.641. The molecule has 10 heteroatoms. The van der Waals surface area contributed by atoms with Gasteiger partial charge in [0.1, 0.15) is 5.82 Å². The van der Waals surface area contributed by atoms with Crippen LogP contribution in [0.4, 0.5) is 5.13 Å². The topological polar surface area (TPSA) is 85.0 Å². The van der Waals surface area contributed by atoms with E-state index in [9.17, 15) is 4.79 Å². The van der Waals surface area contributed by atoms with Crippen LogP contribution in [0.5, 0.6) is 0 Å². The Morgan fingerprint density at radius 2 is 2.00 bits per heavy atom. The first-order valence-electron chi connectivity index (χ1n) is 8.55. The summed E-state index contributed by atoms with van der Waals surface area (Å²) < 4.78 is 7.41. The van der Waals surface area contributed by atoms with E-state index in [2.05, 4.69) is 29.4 Å². The molecule has 1 fully saturated rings. The van der Waals surface area contributed by atoms with Crippen molar-refractivity contribution in [3.63, 3.8) is 0 Å². The Bertz CT molecular complexity index is 910. The molecule has 0 saturated carbocycles. The van der Waals surface area contributed by atoms with Gasteiger partial charge in [-0.2, -0.15) is 9.47 Å². The minimum atomic E-state index is -0.0936. The highest BCUT2D eigenvalue weighted by atomic mass is 32.1. The van der Waals surface area contributed by atoms with Gasteiger partial charge in [-0.15, -0.1) is 5.10 Å². The zero-order valence-corrected chi connectivity index (χ0v) is 15.3. The van der Waals surface area contributed by atoms with E-state index in [0.29, 0.717) is 12.4 Å². The second-order valence-electron chi connectivity index (χ2n) is 6.16. The lowest BCUT2D eigenvalue weighted by molar-refractivity contribution is 0.242. The number of aryl methyl sites for hydroxylation is 1. The van der Waals surface area contributed by atoms with Gasteiger partial charge in [-0.3, -0.25) is 9.69 Å². The fourth-order valence-corrected chi connectivity index (χ4v) is 3.66. The maximum Gasteiger partial charge on any atom is 0.266 e. The summed E-state index contributed by atoms with van der Waals surface area (Å²) in [4.78, 5) is 21.1. The van der Waals surface area contributed by atoms with Gasteiger partial charge in [-0.25, -0.2) is 14.3 Å². The predicted molar refractivity (Wildman–Crippen MR) is 98.9 cm³/mol. The van der Waals surface area contributed by atoms with Crippen LogP contribution >= 0.6 is 11.5 Å². The number of anilines is 1. The second-order valence-corrected chi connectivity index (χ2v) is 6.89. The molecule has 26 heavy (non-hydrogen) atoms. The number of rotatable bonds is 5. The molecule has 0 spiro atoms. The zero-order valence-electron chi connectivity index (χ0n) is 14.5. The van der Waals surface area contributed by atoms with Crippen LogP contribution in [-0.4, -0.2) is 66.5 Å². The molecular weight excluding hydrogens is 352 g/mol. The van der Waals surface area contributed by atoms with E-state index in [4.69, 9.17) is 0 Å². The molecule has 4 heterocycles. The number of nitrogens with zero attached hydrogens (tertiary/aromatic N) is 8. The molecule has 1 aliphatic rings. The largest absolute Gasteiger partial charge is 0.344 e. The van der Waals surface area contributed by atoms with E-state index in [0.717, 1.165) is 43.7 Å². The van der Waals surface area contributed by atoms with Crippen LogP contribution in [0.15, 0.2) is 35.4 Å². The Hall–Kier alpha value is -2.59. The lowest BCUT2D eigenvalue weighted by atomic mass is 10.3. The normalized spacial score (nSPS) is 15.5. The lowest BCUT2D eigenvalue weighted by Crippen LogP contribution is -2.47. The molecule has 0 N–H and O–H groups in total. The van der Waals surface area contributed by atoms with Gasteiger partial charge in [-0.1, -0.05) is 0 Å². The first-order chi connectivity index (χ1) is 12.7. The van der Waals surface area contributed by atoms with Gasteiger partial charge in [-0.05, 0) is 19.1 Å². The van der Waals surface area contributed by atoms with E-state index < -0.39 is 0 Å². The average molecular weight is 372 g/mol. The van der Waals surface area contributed by atoms with Gasteiger partial charge in [0.2, 0.25) is 5.13 Å². The number of hydrogen-bond acceptors (Lipinski definition) is 8.